The van der Waals surface area contributed by atoms with Crippen LogP contribution in [0.4, 0.5) is 0 Å². The first kappa shape index (κ1) is 11.6. The van der Waals surface area contributed by atoms with Gasteiger partial charge in [0.2, 0.25) is 0 Å². The molecular formula is C15H16O2. The minimum Gasteiger partial charge on any atom is -0.464 e. The smallest absolute Gasteiger partial charge is 0.152 e. The lowest BCUT2D eigenvalue weighted by atomic mass is 9.94. The minimum atomic E-state index is 0.0637. The zero-order valence-corrected chi connectivity index (χ0v) is 10.6. The summed E-state index contributed by atoms with van der Waals surface area (Å²) in [5.74, 6) is 0.0637. The van der Waals surface area contributed by atoms with Crippen LogP contribution in [0.3, 0.4) is 0 Å². The average molecular weight is 228 g/mol. The van der Waals surface area contributed by atoms with E-state index in [1.807, 2.05) is 19.1 Å². The maximum atomic E-state index is 11.0. The molecule has 0 atom stereocenters. The predicted octanol–water partition coefficient (Wildman–Crippen LogP) is 3.96. The SMILES string of the molecule is CC(=O)/C=C/c1c(C)c(C)c2occc2c1C. The fourth-order valence-corrected chi connectivity index (χ4v) is 2.14. The van der Waals surface area contributed by atoms with Crippen LogP contribution in [-0.2, 0) is 4.79 Å². The maximum Gasteiger partial charge on any atom is 0.152 e. The number of benzene rings is 1. The standard InChI is InChI=1S/C15H16O2/c1-9(16)5-6-13-10(2)11(3)15-14(12(13)4)7-8-17-15/h5-8H,1-4H3/b6-5+. The zero-order chi connectivity index (χ0) is 12.6. The second-order valence-corrected chi connectivity index (χ2v) is 4.40. The number of aryl methyl sites for hydroxylation is 2. The highest BCUT2D eigenvalue weighted by Gasteiger charge is 2.12. The predicted molar refractivity (Wildman–Crippen MR) is 70.1 cm³/mol. The molecule has 0 spiro atoms. The van der Waals surface area contributed by atoms with Crippen molar-refractivity contribution < 1.29 is 9.21 Å². The number of hydrogen-bond acceptors (Lipinski definition) is 2. The quantitative estimate of drug-likeness (QED) is 0.728. The van der Waals surface area contributed by atoms with Gasteiger partial charge in [0.15, 0.2) is 5.78 Å². The second-order valence-electron chi connectivity index (χ2n) is 4.40. The Labute approximate surface area is 101 Å². The van der Waals surface area contributed by atoms with Gasteiger partial charge in [-0.15, -0.1) is 0 Å². The minimum absolute atomic E-state index is 0.0637. The highest BCUT2D eigenvalue weighted by Crippen LogP contribution is 2.30. The molecule has 0 saturated carbocycles. The molecule has 88 valence electrons. The summed E-state index contributed by atoms with van der Waals surface area (Å²) in [7, 11) is 0. The summed E-state index contributed by atoms with van der Waals surface area (Å²) in [6.45, 7) is 7.73. The summed E-state index contributed by atoms with van der Waals surface area (Å²) in [4.78, 5) is 11.0. The molecule has 0 N–H and O–H groups in total. The number of fused-ring (bicyclic) bond motifs is 1. The third kappa shape index (κ3) is 1.91. The van der Waals surface area contributed by atoms with Gasteiger partial charge in [-0.05, 0) is 62.1 Å². The Bertz CT molecular complexity index is 615. The van der Waals surface area contributed by atoms with Gasteiger partial charge in [0.05, 0.1) is 6.26 Å². The third-order valence-corrected chi connectivity index (χ3v) is 3.27. The molecule has 0 bridgehead atoms. The molecule has 2 rings (SSSR count). The van der Waals surface area contributed by atoms with Crippen LogP contribution in [0.1, 0.15) is 29.2 Å². The lowest BCUT2D eigenvalue weighted by molar-refractivity contribution is -0.112. The van der Waals surface area contributed by atoms with Gasteiger partial charge in [-0.3, -0.25) is 4.79 Å². The topological polar surface area (TPSA) is 30.2 Å². The number of hydrogen-bond donors (Lipinski definition) is 0. The van der Waals surface area contributed by atoms with Crippen molar-refractivity contribution >= 4 is 22.8 Å². The number of allylic oxidation sites excluding steroid dienone is 1. The summed E-state index contributed by atoms with van der Waals surface area (Å²) in [5.41, 5.74) is 5.53. The Balaban J connectivity index is 2.74. The van der Waals surface area contributed by atoms with Crippen LogP contribution < -0.4 is 0 Å². The number of rotatable bonds is 2. The van der Waals surface area contributed by atoms with E-state index >= 15 is 0 Å². The van der Waals surface area contributed by atoms with E-state index < -0.39 is 0 Å². The largest absolute Gasteiger partial charge is 0.464 e. The van der Waals surface area contributed by atoms with Crippen molar-refractivity contribution in [3.63, 3.8) is 0 Å². The molecule has 0 fully saturated rings. The second kappa shape index (κ2) is 4.21. The Kier molecular flexibility index (Phi) is 2.88. The molecule has 0 aliphatic rings. The number of carbonyl (C=O) groups is 1. The van der Waals surface area contributed by atoms with E-state index in [9.17, 15) is 4.79 Å². The van der Waals surface area contributed by atoms with Crippen molar-refractivity contribution in [2.75, 3.05) is 0 Å². The Hall–Kier alpha value is -1.83. The van der Waals surface area contributed by atoms with Crippen molar-refractivity contribution in [3.05, 3.63) is 40.7 Å². The van der Waals surface area contributed by atoms with E-state index in [2.05, 4.69) is 13.8 Å². The van der Waals surface area contributed by atoms with E-state index in [1.165, 1.54) is 5.56 Å². The van der Waals surface area contributed by atoms with Gasteiger partial charge in [0.25, 0.3) is 0 Å². The average Bonchev–Trinajstić information content (AvgIpc) is 2.75. The molecule has 1 aromatic carbocycles. The van der Waals surface area contributed by atoms with E-state index in [-0.39, 0.29) is 5.78 Å². The van der Waals surface area contributed by atoms with Gasteiger partial charge in [-0.1, -0.05) is 6.08 Å². The molecule has 1 heterocycles. The first-order valence-corrected chi connectivity index (χ1v) is 5.68. The fraction of sp³-hybridized carbons (Fsp3) is 0.267. The van der Waals surface area contributed by atoms with Gasteiger partial charge in [-0.25, -0.2) is 0 Å². The first-order valence-electron chi connectivity index (χ1n) is 5.68. The molecule has 0 unspecified atom stereocenters. The highest BCUT2D eigenvalue weighted by molar-refractivity contribution is 5.94. The van der Waals surface area contributed by atoms with Crippen LogP contribution in [0.15, 0.2) is 22.8 Å². The van der Waals surface area contributed by atoms with E-state index in [0.717, 1.165) is 27.7 Å². The lowest BCUT2D eigenvalue weighted by Gasteiger charge is -2.10. The van der Waals surface area contributed by atoms with Crippen molar-refractivity contribution in [3.8, 4) is 0 Å². The van der Waals surface area contributed by atoms with Crippen molar-refractivity contribution in [2.24, 2.45) is 0 Å². The van der Waals surface area contributed by atoms with E-state index in [0.29, 0.717) is 0 Å². The molecule has 0 saturated heterocycles. The maximum absolute atomic E-state index is 11.0. The molecule has 0 aliphatic carbocycles. The number of furan rings is 1. The monoisotopic (exact) mass is 228 g/mol. The normalized spacial score (nSPS) is 11.5. The molecule has 2 aromatic rings. The van der Waals surface area contributed by atoms with E-state index in [4.69, 9.17) is 4.42 Å². The third-order valence-electron chi connectivity index (χ3n) is 3.27. The van der Waals surface area contributed by atoms with Gasteiger partial charge in [-0.2, -0.15) is 0 Å². The molecule has 1 aromatic heterocycles. The Morgan fingerprint density at radius 3 is 2.53 bits per heavy atom. The number of carbonyl (C=O) groups excluding carboxylic acids is 1. The van der Waals surface area contributed by atoms with Crippen molar-refractivity contribution in [1.82, 2.24) is 0 Å². The van der Waals surface area contributed by atoms with E-state index in [1.54, 1.807) is 19.3 Å². The molecule has 17 heavy (non-hydrogen) atoms. The van der Waals surface area contributed by atoms with Gasteiger partial charge < -0.3 is 4.42 Å². The Morgan fingerprint density at radius 2 is 1.88 bits per heavy atom. The van der Waals surface area contributed by atoms with Crippen LogP contribution in [-0.4, -0.2) is 5.78 Å². The number of ketones is 1. The highest BCUT2D eigenvalue weighted by atomic mass is 16.3. The summed E-state index contributed by atoms with van der Waals surface area (Å²) < 4.78 is 5.50. The summed E-state index contributed by atoms with van der Waals surface area (Å²) in [6, 6.07) is 1.97. The molecule has 2 nitrogen and oxygen atoms in total. The molecular weight excluding hydrogens is 212 g/mol. The summed E-state index contributed by atoms with van der Waals surface area (Å²) in [6.07, 6.45) is 5.22. The van der Waals surface area contributed by atoms with Crippen LogP contribution in [0, 0.1) is 20.8 Å². The lowest BCUT2D eigenvalue weighted by Crippen LogP contribution is -1.93. The molecule has 2 heteroatoms. The molecule has 0 radical (unpaired) electrons. The molecule has 0 amide bonds. The van der Waals surface area contributed by atoms with Gasteiger partial charge >= 0.3 is 0 Å². The fourth-order valence-electron chi connectivity index (χ4n) is 2.14. The van der Waals surface area contributed by atoms with Gasteiger partial charge in [0, 0.05) is 5.39 Å². The van der Waals surface area contributed by atoms with Crippen LogP contribution in [0.5, 0.6) is 0 Å². The van der Waals surface area contributed by atoms with Crippen molar-refractivity contribution in [2.45, 2.75) is 27.7 Å². The Morgan fingerprint density at radius 1 is 1.18 bits per heavy atom. The van der Waals surface area contributed by atoms with Crippen LogP contribution in [0.25, 0.3) is 17.0 Å². The summed E-state index contributed by atoms with van der Waals surface area (Å²) >= 11 is 0. The zero-order valence-electron chi connectivity index (χ0n) is 10.6. The van der Waals surface area contributed by atoms with Crippen LogP contribution >= 0.6 is 0 Å². The molecule has 0 aliphatic heterocycles. The summed E-state index contributed by atoms with van der Waals surface area (Å²) in [5, 5.41) is 1.12. The van der Waals surface area contributed by atoms with Crippen molar-refractivity contribution in [1.29, 1.82) is 0 Å². The first-order chi connectivity index (χ1) is 8.02. The van der Waals surface area contributed by atoms with Gasteiger partial charge in [0.1, 0.15) is 5.58 Å². The van der Waals surface area contributed by atoms with Crippen LogP contribution in [0.2, 0.25) is 0 Å².